The maximum atomic E-state index is 13.0. The van der Waals surface area contributed by atoms with Gasteiger partial charge in [-0.05, 0) is 29.8 Å². The summed E-state index contributed by atoms with van der Waals surface area (Å²) in [7, 11) is 0. The van der Waals surface area contributed by atoms with Crippen molar-refractivity contribution in [2.75, 3.05) is 0 Å². The largest absolute Gasteiger partial charge is 0.417 e. The van der Waals surface area contributed by atoms with Crippen molar-refractivity contribution in [3.63, 3.8) is 0 Å². The number of aliphatic hydroxyl groups excluding tert-OH is 1. The van der Waals surface area contributed by atoms with Crippen molar-refractivity contribution in [3.8, 4) is 0 Å². The molecule has 4 nitrogen and oxygen atoms in total. The van der Waals surface area contributed by atoms with Gasteiger partial charge in [-0.1, -0.05) is 17.7 Å². The Labute approximate surface area is 145 Å². The highest BCUT2D eigenvalue weighted by Crippen LogP contribution is 2.40. The van der Waals surface area contributed by atoms with Crippen LogP contribution in [-0.2, 0) is 17.3 Å². The van der Waals surface area contributed by atoms with Gasteiger partial charge in [-0.15, -0.1) is 0 Å². The van der Waals surface area contributed by atoms with E-state index in [4.69, 9.17) is 16.3 Å². The maximum absolute atomic E-state index is 13.0. The number of alkyl halides is 3. The molecule has 1 aliphatic rings. The third kappa shape index (κ3) is 3.10. The van der Waals surface area contributed by atoms with Crippen molar-refractivity contribution in [2.24, 2.45) is 0 Å². The van der Waals surface area contributed by atoms with E-state index in [1.807, 2.05) is 0 Å². The number of epoxide rings is 1. The minimum absolute atomic E-state index is 0.268. The summed E-state index contributed by atoms with van der Waals surface area (Å²) >= 11 is 5.65. The third-order valence-corrected chi connectivity index (χ3v) is 4.44. The molecule has 1 aliphatic heterocycles. The first kappa shape index (κ1) is 16.4. The molecule has 2 unspecified atom stereocenters. The maximum Gasteiger partial charge on any atom is 0.417 e. The lowest BCUT2D eigenvalue weighted by Crippen LogP contribution is -2.06. The Morgan fingerprint density at radius 3 is 2.68 bits per heavy atom. The fourth-order valence-electron chi connectivity index (χ4n) is 2.88. The molecule has 0 bridgehead atoms. The van der Waals surface area contributed by atoms with E-state index in [2.05, 4.69) is 9.97 Å². The predicted molar refractivity (Wildman–Crippen MR) is 85.2 cm³/mol. The van der Waals surface area contributed by atoms with Gasteiger partial charge in [0.1, 0.15) is 6.10 Å². The van der Waals surface area contributed by atoms with Crippen LogP contribution in [0.4, 0.5) is 13.2 Å². The Hall–Kier alpha value is -2.09. The van der Waals surface area contributed by atoms with Gasteiger partial charge in [-0.2, -0.15) is 13.2 Å². The molecule has 0 saturated carbocycles. The fraction of sp³-hybridized carbons (Fsp3) is 0.235. The molecule has 25 heavy (non-hydrogen) atoms. The van der Waals surface area contributed by atoms with Gasteiger partial charge >= 0.3 is 6.18 Å². The van der Waals surface area contributed by atoms with Crippen molar-refractivity contribution in [2.45, 2.75) is 25.0 Å². The molecule has 4 rings (SSSR count). The van der Waals surface area contributed by atoms with E-state index in [9.17, 15) is 18.3 Å². The molecule has 3 heterocycles. The summed E-state index contributed by atoms with van der Waals surface area (Å²) in [4.78, 5) is 7.40. The van der Waals surface area contributed by atoms with Crippen LogP contribution in [0, 0.1) is 0 Å². The Morgan fingerprint density at radius 1 is 1.24 bits per heavy atom. The van der Waals surface area contributed by atoms with Gasteiger partial charge in [0.25, 0.3) is 0 Å². The van der Waals surface area contributed by atoms with E-state index in [1.165, 1.54) is 6.07 Å². The number of H-pyrrole nitrogens is 1. The van der Waals surface area contributed by atoms with Gasteiger partial charge < -0.3 is 14.8 Å². The fourth-order valence-corrected chi connectivity index (χ4v) is 3.11. The molecule has 8 heteroatoms. The highest BCUT2D eigenvalue weighted by molar-refractivity contribution is 6.31. The number of nitrogens with one attached hydrogen (secondary N) is 1. The first-order valence-electron chi connectivity index (χ1n) is 7.48. The number of nitrogens with zero attached hydrogens (tertiary/aromatic N) is 1. The van der Waals surface area contributed by atoms with E-state index in [1.54, 1.807) is 24.4 Å². The third-order valence-electron chi connectivity index (χ3n) is 4.11. The van der Waals surface area contributed by atoms with Gasteiger partial charge in [0.2, 0.25) is 0 Å². The van der Waals surface area contributed by atoms with Gasteiger partial charge in [-0.3, -0.25) is 4.98 Å². The van der Waals surface area contributed by atoms with Crippen LogP contribution >= 0.6 is 11.6 Å². The number of fused-ring (bicyclic) bond motifs is 1. The lowest BCUT2D eigenvalue weighted by molar-refractivity contribution is -0.137. The number of aromatic nitrogens is 2. The minimum atomic E-state index is -4.50. The number of aromatic amines is 1. The number of ether oxygens (including phenoxy) is 1. The van der Waals surface area contributed by atoms with Crippen molar-refractivity contribution in [3.05, 3.63) is 63.9 Å². The SMILES string of the molecule is OC1OC1c1ccnc2cc(Cc3ccc(Cl)c(C(F)(F)F)c3)[nH]c12. The monoisotopic (exact) mass is 368 g/mol. The number of aliphatic hydroxyl groups is 1. The quantitative estimate of drug-likeness (QED) is 0.681. The average molecular weight is 369 g/mol. The van der Waals surface area contributed by atoms with Gasteiger partial charge in [0.05, 0.1) is 21.6 Å². The molecule has 3 aromatic rings. The molecular weight excluding hydrogens is 357 g/mol. The smallest absolute Gasteiger partial charge is 0.366 e. The lowest BCUT2D eigenvalue weighted by atomic mass is 10.1. The molecule has 1 fully saturated rings. The molecule has 0 amide bonds. The first-order valence-corrected chi connectivity index (χ1v) is 7.86. The standard InChI is InChI=1S/C17H12ClF3N2O2/c18-12-2-1-8(6-11(12)17(19,20)21)5-9-7-13-14(23-9)10(3-4-22-13)15-16(24)25-15/h1-4,6-7,15-16,23-24H,5H2. The van der Waals surface area contributed by atoms with E-state index >= 15 is 0 Å². The minimum Gasteiger partial charge on any atom is -0.366 e. The van der Waals surface area contributed by atoms with Gasteiger partial charge in [-0.25, -0.2) is 0 Å². The number of hydrogen-bond donors (Lipinski definition) is 2. The van der Waals surface area contributed by atoms with Gasteiger partial charge in [0, 0.05) is 23.9 Å². The van der Waals surface area contributed by atoms with E-state index in [0.29, 0.717) is 22.3 Å². The van der Waals surface area contributed by atoms with Crippen LogP contribution in [0.25, 0.3) is 11.0 Å². The second-order valence-corrected chi connectivity index (χ2v) is 6.30. The van der Waals surface area contributed by atoms with E-state index in [0.717, 1.165) is 11.6 Å². The number of benzene rings is 1. The number of rotatable bonds is 3. The van der Waals surface area contributed by atoms with Crippen molar-refractivity contribution in [1.82, 2.24) is 9.97 Å². The first-order chi connectivity index (χ1) is 11.8. The Morgan fingerprint density at radius 2 is 2.00 bits per heavy atom. The van der Waals surface area contributed by atoms with Gasteiger partial charge in [0.15, 0.2) is 6.29 Å². The molecule has 2 N–H and O–H groups in total. The number of hydrogen-bond acceptors (Lipinski definition) is 3. The molecule has 2 aromatic heterocycles. The van der Waals surface area contributed by atoms with Crippen LogP contribution in [0.1, 0.15) is 28.5 Å². The lowest BCUT2D eigenvalue weighted by Gasteiger charge is -2.10. The second kappa shape index (κ2) is 5.72. The summed E-state index contributed by atoms with van der Waals surface area (Å²) < 4.78 is 44.0. The summed E-state index contributed by atoms with van der Waals surface area (Å²) in [6.07, 6.45) is -3.85. The predicted octanol–water partition coefficient (Wildman–Crippen LogP) is 4.22. The molecular formula is C17H12ClF3N2O2. The van der Waals surface area contributed by atoms with Crippen LogP contribution in [-0.4, -0.2) is 21.4 Å². The highest BCUT2D eigenvalue weighted by Gasteiger charge is 2.40. The Kier molecular flexibility index (Phi) is 3.75. The van der Waals surface area contributed by atoms with Crippen LogP contribution < -0.4 is 0 Å². The Bertz CT molecular complexity index is 955. The molecule has 0 aliphatic carbocycles. The van der Waals surface area contributed by atoms with Crippen molar-refractivity contribution >= 4 is 22.6 Å². The summed E-state index contributed by atoms with van der Waals surface area (Å²) in [5.41, 5.74) is 2.49. The Balaban J connectivity index is 1.68. The van der Waals surface area contributed by atoms with Crippen LogP contribution in [0.2, 0.25) is 5.02 Å². The molecule has 1 aromatic carbocycles. The second-order valence-electron chi connectivity index (χ2n) is 5.89. The number of halogens is 4. The van der Waals surface area contributed by atoms with Crippen molar-refractivity contribution < 1.29 is 23.0 Å². The molecule has 1 saturated heterocycles. The van der Waals surface area contributed by atoms with Crippen LogP contribution in [0.5, 0.6) is 0 Å². The zero-order valence-corrected chi connectivity index (χ0v) is 13.4. The van der Waals surface area contributed by atoms with Crippen LogP contribution in [0.3, 0.4) is 0 Å². The zero-order valence-electron chi connectivity index (χ0n) is 12.6. The molecule has 2 atom stereocenters. The molecule has 130 valence electrons. The van der Waals surface area contributed by atoms with E-state index < -0.39 is 24.1 Å². The topological polar surface area (TPSA) is 61.4 Å². The van der Waals surface area contributed by atoms with Crippen LogP contribution in [0.15, 0.2) is 36.5 Å². The number of pyridine rings is 1. The van der Waals surface area contributed by atoms with E-state index in [-0.39, 0.29) is 11.4 Å². The summed E-state index contributed by atoms with van der Waals surface area (Å²) in [6, 6.07) is 7.38. The summed E-state index contributed by atoms with van der Waals surface area (Å²) in [5.74, 6) is 0. The summed E-state index contributed by atoms with van der Waals surface area (Å²) in [5, 5.41) is 9.12. The summed E-state index contributed by atoms with van der Waals surface area (Å²) in [6.45, 7) is 0. The average Bonchev–Trinajstić information content (AvgIpc) is 3.11. The highest BCUT2D eigenvalue weighted by atomic mass is 35.5. The normalized spacial score (nSPS) is 20.2. The molecule has 0 spiro atoms. The van der Waals surface area contributed by atoms with Crippen molar-refractivity contribution in [1.29, 1.82) is 0 Å². The molecule has 0 radical (unpaired) electrons. The zero-order chi connectivity index (χ0) is 17.8.